The van der Waals surface area contributed by atoms with Crippen molar-refractivity contribution in [3.8, 4) is 0 Å². The van der Waals surface area contributed by atoms with Crippen LogP contribution in [0, 0.1) is 18.6 Å². The third kappa shape index (κ3) is 4.12. The maximum absolute atomic E-state index is 13.5. The molecule has 0 radical (unpaired) electrons. The fourth-order valence-electron chi connectivity index (χ4n) is 2.00. The molecule has 0 aromatic heterocycles. The van der Waals surface area contributed by atoms with Gasteiger partial charge >= 0.3 is 0 Å². The van der Waals surface area contributed by atoms with Crippen LogP contribution >= 0.6 is 0 Å². The first kappa shape index (κ1) is 16.6. The maximum atomic E-state index is 13.5. The highest BCUT2D eigenvalue weighted by Gasteiger charge is 2.18. The number of benzene rings is 2. The van der Waals surface area contributed by atoms with E-state index in [1.807, 2.05) is 0 Å². The van der Waals surface area contributed by atoms with Crippen molar-refractivity contribution in [3.63, 3.8) is 0 Å². The molecule has 0 aliphatic rings. The quantitative estimate of drug-likeness (QED) is 0.910. The predicted octanol–water partition coefficient (Wildman–Crippen LogP) is 3.03. The maximum Gasteiger partial charge on any atom is 0.252 e. The van der Waals surface area contributed by atoms with Crippen LogP contribution in [0.3, 0.4) is 0 Å². The minimum atomic E-state index is -0.883. The Bertz CT molecular complexity index is 747. The topological polar surface area (TPSA) is 58.2 Å². The number of rotatable bonds is 4. The first-order valence-corrected chi connectivity index (χ1v) is 7.01. The van der Waals surface area contributed by atoms with E-state index in [4.69, 9.17) is 0 Å². The van der Waals surface area contributed by atoms with Gasteiger partial charge in [-0.25, -0.2) is 8.78 Å². The zero-order valence-electron chi connectivity index (χ0n) is 12.7. The molecule has 4 nitrogen and oxygen atoms in total. The highest BCUT2D eigenvalue weighted by Crippen LogP contribution is 2.15. The highest BCUT2D eigenvalue weighted by atomic mass is 19.1. The van der Waals surface area contributed by atoms with Crippen LogP contribution in [0.25, 0.3) is 0 Å². The van der Waals surface area contributed by atoms with Gasteiger partial charge in [0.15, 0.2) is 0 Å². The minimum absolute atomic E-state index is 0.145. The van der Waals surface area contributed by atoms with Gasteiger partial charge in [0.05, 0.1) is 5.69 Å². The van der Waals surface area contributed by atoms with Gasteiger partial charge in [-0.3, -0.25) is 9.59 Å². The Labute approximate surface area is 132 Å². The molecule has 2 N–H and O–H groups in total. The van der Waals surface area contributed by atoms with Gasteiger partial charge in [0.2, 0.25) is 5.91 Å². The van der Waals surface area contributed by atoms with Crippen molar-refractivity contribution in [3.05, 3.63) is 65.2 Å². The number of anilines is 1. The predicted molar refractivity (Wildman–Crippen MR) is 83.1 cm³/mol. The van der Waals surface area contributed by atoms with Crippen LogP contribution in [0.4, 0.5) is 14.5 Å². The molecular weight excluding hydrogens is 302 g/mol. The zero-order chi connectivity index (χ0) is 17.0. The second-order valence-electron chi connectivity index (χ2n) is 5.12. The monoisotopic (exact) mass is 318 g/mol. The van der Waals surface area contributed by atoms with Gasteiger partial charge in [-0.15, -0.1) is 0 Å². The number of hydrogen-bond donors (Lipinski definition) is 2. The van der Waals surface area contributed by atoms with E-state index in [0.29, 0.717) is 11.6 Å². The summed E-state index contributed by atoms with van der Waals surface area (Å²) in [7, 11) is 0. The van der Waals surface area contributed by atoms with E-state index in [2.05, 4.69) is 10.6 Å². The SMILES string of the molecule is Cc1ccccc1C(=O)N[C@H](C)C(=O)Nc1ccc(F)cc1F. The van der Waals surface area contributed by atoms with Crippen LogP contribution in [-0.2, 0) is 4.79 Å². The average molecular weight is 318 g/mol. The van der Waals surface area contributed by atoms with Gasteiger partial charge < -0.3 is 10.6 Å². The Morgan fingerprint density at radius 1 is 1.09 bits per heavy atom. The summed E-state index contributed by atoms with van der Waals surface area (Å²) in [6.07, 6.45) is 0. The molecule has 23 heavy (non-hydrogen) atoms. The number of halogens is 2. The summed E-state index contributed by atoms with van der Waals surface area (Å²) < 4.78 is 26.3. The van der Waals surface area contributed by atoms with Gasteiger partial charge in [0.1, 0.15) is 17.7 Å². The summed E-state index contributed by atoms with van der Waals surface area (Å²) >= 11 is 0. The molecule has 0 unspecified atom stereocenters. The minimum Gasteiger partial charge on any atom is -0.341 e. The number of hydrogen-bond acceptors (Lipinski definition) is 2. The molecule has 0 fully saturated rings. The largest absolute Gasteiger partial charge is 0.341 e. The van der Waals surface area contributed by atoms with Crippen LogP contribution in [-0.4, -0.2) is 17.9 Å². The molecule has 0 aliphatic heterocycles. The Balaban J connectivity index is 2.03. The van der Waals surface area contributed by atoms with Crippen molar-refractivity contribution in [2.45, 2.75) is 19.9 Å². The molecule has 0 heterocycles. The molecule has 0 spiro atoms. The number of aryl methyl sites for hydroxylation is 1. The van der Waals surface area contributed by atoms with Gasteiger partial charge in [-0.2, -0.15) is 0 Å². The van der Waals surface area contributed by atoms with Gasteiger partial charge in [-0.1, -0.05) is 18.2 Å². The summed E-state index contributed by atoms with van der Waals surface area (Å²) in [6.45, 7) is 3.26. The molecule has 2 rings (SSSR count). The second-order valence-corrected chi connectivity index (χ2v) is 5.12. The van der Waals surface area contributed by atoms with Crippen LogP contribution in [0.2, 0.25) is 0 Å². The molecular formula is C17H16F2N2O2. The molecule has 0 bridgehead atoms. The Morgan fingerprint density at radius 2 is 1.78 bits per heavy atom. The third-order valence-electron chi connectivity index (χ3n) is 3.32. The Hall–Kier alpha value is -2.76. The molecule has 2 aromatic carbocycles. The zero-order valence-corrected chi connectivity index (χ0v) is 12.7. The first-order valence-electron chi connectivity index (χ1n) is 7.01. The lowest BCUT2D eigenvalue weighted by Crippen LogP contribution is -2.41. The number of carbonyl (C=O) groups excluding carboxylic acids is 2. The molecule has 2 aromatic rings. The highest BCUT2D eigenvalue weighted by molar-refractivity contribution is 6.01. The lowest BCUT2D eigenvalue weighted by molar-refractivity contribution is -0.117. The number of carbonyl (C=O) groups is 2. The van der Waals surface area contributed by atoms with E-state index in [-0.39, 0.29) is 5.69 Å². The normalized spacial score (nSPS) is 11.7. The van der Waals surface area contributed by atoms with Gasteiger partial charge in [0, 0.05) is 11.6 Å². The standard InChI is InChI=1S/C17H16F2N2O2/c1-10-5-3-4-6-13(10)17(23)20-11(2)16(22)21-15-8-7-12(18)9-14(15)19/h3-9,11H,1-2H3,(H,20,23)(H,21,22)/t11-/m1/s1. The summed E-state index contributed by atoms with van der Waals surface area (Å²) in [5.74, 6) is -2.61. The van der Waals surface area contributed by atoms with Gasteiger partial charge in [-0.05, 0) is 37.6 Å². The second kappa shape index (κ2) is 7.00. The average Bonchev–Trinajstić information content (AvgIpc) is 2.50. The smallest absolute Gasteiger partial charge is 0.252 e. The van der Waals surface area contributed by atoms with E-state index < -0.39 is 29.5 Å². The molecule has 0 saturated carbocycles. The van der Waals surface area contributed by atoms with E-state index >= 15 is 0 Å². The van der Waals surface area contributed by atoms with Gasteiger partial charge in [0.25, 0.3) is 5.91 Å². The Kier molecular flexibility index (Phi) is 5.05. The lowest BCUT2D eigenvalue weighted by atomic mass is 10.1. The molecule has 0 aliphatic carbocycles. The van der Waals surface area contributed by atoms with Crippen molar-refractivity contribution in [2.75, 3.05) is 5.32 Å². The van der Waals surface area contributed by atoms with Crippen molar-refractivity contribution in [1.82, 2.24) is 5.32 Å². The van der Waals surface area contributed by atoms with Crippen LogP contribution in [0.1, 0.15) is 22.8 Å². The van der Waals surface area contributed by atoms with E-state index in [1.165, 1.54) is 6.92 Å². The van der Waals surface area contributed by atoms with Crippen molar-refractivity contribution in [1.29, 1.82) is 0 Å². The molecule has 1 atom stereocenters. The number of nitrogens with one attached hydrogen (secondary N) is 2. The summed E-state index contributed by atoms with van der Waals surface area (Å²) in [6, 6.07) is 8.91. The molecule has 6 heteroatoms. The number of amides is 2. The van der Waals surface area contributed by atoms with E-state index in [0.717, 1.165) is 17.7 Å². The summed E-state index contributed by atoms with van der Waals surface area (Å²) in [5.41, 5.74) is 1.09. The molecule has 2 amide bonds. The Morgan fingerprint density at radius 3 is 2.43 bits per heavy atom. The fourth-order valence-corrected chi connectivity index (χ4v) is 2.00. The lowest BCUT2D eigenvalue weighted by Gasteiger charge is -2.15. The third-order valence-corrected chi connectivity index (χ3v) is 3.32. The summed E-state index contributed by atoms with van der Waals surface area (Å²) in [4.78, 5) is 24.1. The molecule has 120 valence electrons. The van der Waals surface area contributed by atoms with Crippen LogP contribution in [0.5, 0.6) is 0 Å². The van der Waals surface area contributed by atoms with Crippen molar-refractivity contribution >= 4 is 17.5 Å². The summed E-state index contributed by atoms with van der Waals surface area (Å²) in [5, 5.41) is 4.85. The van der Waals surface area contributed by atoms with Crippen LogP contribution < -0.4 is 10.6 Å². The van der Waals surface area contributed by atoms with Crippen LogP contribution in [0.15, 0.2) is 42.5 Å². The van der Waals surface area contributed by atoms with E-state index in [1.54, 1.807) is 31.2 Å². The first-order chi connectivity index (χ1) is 10.9. The fraction of sp³-hybridized carbons (Fsp3) is 0.176. The van der Waals surface area contributed by atoms with E-state index in [9.17, 15) is 18.4 Å². The van der Waals surface area contributed by atoms with Crippen molar-refractivity contribution < 1.29 is 18.4 Å². The molecule has 0 saturated heterocycles. The van der Waals surface area contributed by atoms with Crippen molar-refractivity contribution in [2.24, 2.45) is 0 Å².